The minimum atomic E-state index is -1.62. The van der Waals surface area contributed by atoms with Gasteiger partial charge in [0, 0.05) is 5.56 Å². The molecule has 0 amide bonds. The van der Waals surface area contributed by atoms with Crippen LogP contribution in [0.25, 0.3) is 0 Å². The number of benzene rings is 1. The number of nitrogens with one attached hydrogen (secondary N) is 1. The monoisotopic (exact) mass is 294 g/mol. The van der Waals surface area contributed by atoms with Gasteiger partial charge in [0.15, 0.2) is 6.23 Å². The second-order valence-electron chi connectivity index (χ2n) is 2.35. The Bertz CT molecular complexity index is 293. The molecule has 7 heteroatoms. The average Bonchev–Trinajstić information content (AvgIpc) is 2.87. The molecule has 0 spiro atoms. The summed E-state index contributed by atoms with van der Waals surface area (Å²) in [6, 6.07) is 7.10. The molecule has 1 aliphatic heterocycles. The number of hydroxylamine groups is 1. The number of hydrogen-bond acceptors (Lipinski definition) is 3. The fourth-order valence-corrected chi connectivity index (χ4v) is 0.870. The Kier molecular flexibility index (Phi) is 5.36. The van der Waals surface area contributed by atoms with Crippen molar-refractivity contribution < 1.29 is 21.3 Å². The molecule has 0 bridgehead atoms. The van der Waals surface area contributed by atoms with E-state index in [1.54, 1.807) is 12.1 Å². The summed E-state index contributed by atoms with van der Waals surface area (Å²) < 4.78 is 0. The number of phenols is 1. The van der Waals surface area contributed by atoms with E-state index in [0.29, 0.717) is 0 Å². The predicted octanol–water partition coefficient (Wildman–Crippen LogP) is 2.99. The van der Waals surface area contributed by atoms with Gasteiger partial charge in [0.05, 0.1) is 0 Å². The number of para-hydroxylation sites is 1. The summed E-state index contributed by atoms with van der Waals surface area (Å²) in [5.74, 6) is 0.275. The van der Waals surface area contributed by atoms with Crippen LogP contribution in [0.5, 0.6) is 5.75 Å². The predicted molar refractivity (Wildman–Crippen MR) is 52.6 cm³/mol. The Morgan fingerprint density at radius 1 is 1.29 bits per heavy atom. The van der Waals surface area contributed by atoms with Crippen molar-refractivity contribution in [3.05, 3.63) is 29.8 Å². The maximum absolute atomic E-state index is 9.20. The van der Waals surface area contributed by atoms with Gasteiger partial charge in [0.25, 0.3) is 0 Å². The van der Waals surface area contributed by atoms with Crippen LogP contribution in [-0.2, 0) is 16.2 Å². The maximum atomic E-state index is 9.20. The van der Waals surface area contributed by atoms with Gasteiger partial charge < -0.3 is 5.11 Å². The van der Waals surface area contributed by atoms with E-state index in [2.05, 4.69) is 5.48 Å². The van der Waals surface area contributed by atoms with Gasteiger partial charge in [-0.25, -0.2) is 0 Å². The second kappa shape index (κ2) is 6.04. The number of phenolic OH excluding ortho intramolecular Hbond substituents is 1. The summed E-state index contributed by atoms with van der Waals surface area (Å²) in [4.78, 5) is 4.77. The number of rotatable bonds is 1. The zero-order valence-electron chi connectivity index (χ0n) is 6.78. The van der Waals surface area contributed by atoms with Crippen molar-refractivity contribution in [3.63, 3.8) is 0 Å². The van der Waals surface area contributed by atoms with Crippen molar-refractivity contribution in [3.8, 4) is 5.75 Å². The van der Waals surface area contributed by atoms with Gasteiger partial charge in [-0.15, -0.1) is 0 Å². The van der Waals surface area contributed by atoms with Gasteiger partial charge in [0.2, 0.25) is 0 Å². The molecule has 1 unspecified atom stereocenters. The van der Waals surface area contributed by atoms with Crippen LogP contribution in [0.3, 0.4) is 0 Å². The first-order valence-corrected chi connectivity index (χ1v) is 8.79. The Labute approximate surface area is 98.5 Å². The summed E-state index contributed by atoms with van der Waals surface area (Å²) in [6.45, 7) is 0. The molecule has 0 saturated carbocycles. The minimum absolute atomic E-state index is 0.0961. The number of hydrogen-bond donors (Lipinski definition) is 2. The van der Waals surface area contributed by atoms with Crippen LogP contribution in [0.15, 0.2) is 24.3 Å². The molecular weight excluding hydrogens is 288 g/mol. The summed E-state index contributed by atoms with van der Waals surface area (Å²) in [5, 5.41) is 9.20. The van der Waals surface area contributed by atoms with E-state index in [-0.39, 0.29) is 12.0 Å². The van der Waals surface area contributed by atoms with Crippen LogP contribution in [-0.4, -0.2) is 5.11 Å². The van der Waals surface area contributed by atoms with Crippen LogP contribution in [0.1, 0.15) is 11.8 Å². The zero-order valence-corrected chi connectivity index (χ0v) is 10.3. The Morgan fingerprint density at radius 3 is 2.21 bits per heavy atom. The third kappa shape index (κ3) is 4.72. The zero-order chi connectivity index (χ0) is 10.6. The van der Waals surface area contributed by atoms with E-state index in [1.807, 2.05) is 12.1 Å². The van der Waals surface area contributed by atoms with Crippen molar-refractivity contribution in [1.29, 1.82) is 0 Å². The van der Waals surface area contributed by atoms with Crippen LogP contribution in [0.4, 0.5) is 0 Å². The van der Waals surface area contributed by atoms with Gasteiger partial charge in [-0.1, -0.05) is 18.2 Å². The third-order valence-electron chi connectivity index (χ3n) is 1.45. The van der Waals surface area contributed by atoms with Crippen molar-refractivity contribution in [1.82, 2.24) is 5.48 Å². The standard InChI is InChI=1S/C7H7NO2.3ClH.Cr/c9-6-4-2-1-3-5(6)7-8-10-7;;;;/h1-4,7-9H;3*1H;/q;;;;+3/p-3. The molecular formula is C7H7Cl3CrNO2. The molecule has 2 N–H and O–H groups in total. The molecule has 1 heterocycles. The first kappa shape index (κ1) is 12.4. The molecule has 2 rings (SSSR count). The van der Waals surface area contributed by atoms with Crippen molar-refractivity contribution in [2.75, 3.05) is 0 Å². The van der Waals surface area contributed by atoms with E-state index in [0.717, 1.165) is 5.56 Å². The SMILES string of the molecule is Oc1ccccc1C1NO1.[Cl][Cr]([Cl])[Cl]. The number of halogens is 3. The van der Waals surface area contributed by atoms with Gasteiger partial charge in [-0.3, -0.25) is 4.84 Å². The van der Waals surface area contributed by atoms with E-state index in [1.165, 1.54) is 0 Å². The third-order valence-corrected chi connectivity index (χ3v) is 1.45. The normalized spacial score (nSPS) is 18.7. The second-order valence-corrected chi connectivity index (χ2v) is 8.67. The Balaban J connectivity index is 0.000000213. The van der Waals surface area contributed by atoms with Crippen molar-refractivity contribution >= 4 is 30.1 Å². The van der Waals surface area contributed by atoms with Gasteiger partial charge >= 0.3 is 41.5 Å². The number of aromatic hydroxyl groups is 1. The van der Waals surface area contributed by atoms with Gasteiger partial charge in [0.1, 0.15) is 5.75 Å². The molecule has 1 saturated heterocycles. The molecule has 0 aliphatic carbocycles. The molecule has 1 fully saturated rings. The summed E-state index contributed by atoms with van der Waals surface area (Å²) >= 11 is -1.62. The molecule has 0 aromatic heterocycles. The van der Waals surface area contributed by atoms with Crippen LogP contribution >= 0.6 is 30.1 Å². The molecule has 1 aliphatic rings. The summed E-state index contributed by atoms with van der Waals surface area (Å²) in [7, 11) is 14.8. The fourth-order valence-electron chi connectivity index (χ4n) is 0.870. The fraction of sp³-hybridized carbons (Fsp3) is 0.143. The van der Waals surface area contributed by atoms with Gasteiger partial charge in [-0.2, -0.15) is 5.48 Å². The van der Waals surface area contributed by atoms with Crippen LogP contribution < -0.4 is 5.48 Å². The molecule has 0 radical (unpaired) electrons. The molecule has 14 heavy (non-hydrogen) atoms. The first-order chi connectivity index (χ1) is 6.61. The van der Waals surface area contributed by atoms with Crippen LogP contribution in [0, 0.1) is 0 Å². The summed E-state index contributed by atoms with van der Waals surface area (Å²) in [6.07, 6.45) is -0.0961. The van der Waals surface area contributed by atoms with E-state index in [4.69, 9.17) is 35.0 Å². The van der Waals surface area contributed by atoms with E-state index < -0.39 is 11.4 Å². The quantitative estimate of drug-likeness (QED) is 0.783. The molecule has 79 valence electrons. The topological polar surface area (TPSA) is 54.7 Å². The van der Waals surface area contributed by atoms with E-state index in [9.17, 15) is 5.11 Å². The average molecular weight is 295 g/mol. The summed E-state index contributed by atoms with van der Waals surface area (Å²) in [5.41, 5.74) is 3.43. The first-order valence-electron chi connectivity index (χ1n) is 3.53. The van der Waals surface area contributed by atoms with Crippen molar-refractivity contribution in [2.24, 2.45) is 0 Å². The Hall–Kier alpha value is 0.342. The van der Waals surface area contributed by atoms with Gasteiger partial charge in [-0.05, 0) is 6.07 Å². The Morgan fingerprint density at radius 2 is 1.79 bits per heavy atom. The molecule has 1 atom stereocenters. The van der Waals surface area contributed by atoms with Crippen molar-refractivity contribution in [2.45, 2.75) is 6.23 Å². The van der Waals surface area contributed by atoms with Crippen LogP contribution in [0.2, 0.25) is 0 Å². The van der Waals surface area contributed by atoms with E-state index >= 15 is 0 Å². The molecule has 3 nitrogen and oxygen atoms in total. The molecule has 1 aromatic carbocycles. The molecule has 1 aromatic rings.